The van der Waals surface area contributed by atoms with Gasteiger partial charge < -0.3 is 0 Å². The van der Waals surface area contributed by atoms with Crippen LogP contribution in [0, 0.1) is 5.92 Å². The van der Waals surface area contributed by atoms with E-state index in [4.69, 9.17) is 16.6 Å². The Kier molecular flexibility index (Phi) is 8.20. The predicted molar refractivity (Wildman–Crippen MR) is 129 cm³/mol. The number of hydrogen-bond acceptors (Lipinski definition) is 9. The summed E-state index contributed by atoms with van der Waals surface area (Å²) in [6.45, 7) is 7.83. The number of aliphatic hydroxyl groups is 1. The van der Waals surface area contributed by atoms with Crippen LogP contribution >= 0.6 is 0 Å². The monoisotopic (exact) mass is 586 g/mol. The van der Waals surface area contributed by atoms with Crippen molar-refractivity contribution < 1.29 is 20.8 Å². The zero-order valence-electron chi connectivity index (χ0n) is 20.5. The summed E-state index contributed by atoms with van der Waals surface area (Å²) in [4.78, 5) is 21.0. The summed E-state index contributed by atoms with van der Waals surface area (Å²) >= 11 is -3.33. The SMILES string of the molecule is CCC[CH2][Sn]1([CH2]CCC)[O]C2[C@@H](CO)O[C@@H](n3cnc4c3NC(NC(=O)C(C)C)=NC4N)[C@H]2[O]1. The molecule has 4 heterocycles. The van der Waals surface area contributed by atoms with Gasteiger partial charge in [0.2, 0.25) is 0 Å². The number of fused-ring (bicyclic) bond motifs is 2. The fourth-order valence-corrected chi connectivity index (χ4v) is 16.4. The molecule has 3 aliphatic rings. The molecule has 0 radical (unpaired) electrons. The molecule has 3 aliphatic heterocycles. The second kappa shape index (κ2) is 10.8. The molecule has 1 aromatic rings. The Bertz CT molecular complexity index is 900. The summed E-state index contributed by atoms with van der Waals surface area (Å²) in [5.74, 6) is 0.509. The molecule has 2 fully saturated rings. The van der Waals surface area contributed by atoms with Gasteiger partial charge in [-0.25, -0.2) is 0 Å². The second-order valence-electron chi connectivity index (χ2n) is 9.61. The molecule has 34 heavy (non-hydrogen) atoms. The molecular weight excluding hydrogens is 547 g/mol. The van der Waals surface area contributed by atoms with Crippen LogP contribution in [0.2, 0.25) is 8.87 Å². The van der Waals surface area contributed by atoms with Gasteiger partial charge in [-0.2, -0.15) is 0 Å². The van der Waals surface area contributed by atoms with Crippen LogP contribution < -0.4 is 16.4 Å². The van der Waals surface area contributed by atoms with E-state index in [1.54, 1.807) is 6.33 Å². The third kappa shape index (κ3) is 5.00. The molecule has 5 N–H and O–H groups in total. The number of guanidine groups is 1. The molecule has 2 unspecified atom stereocenters. The number of carbonyl (C=O) groups is 1. The number of aliphatic imine (C=N–C) groups is 1. The molecule has 4 rings (SSSR count). The first kappa shape index (κ1) is 25.8. The van der Waals surface area contributed by atoms with Crippen molar-refractivity contribution in [2.45, 2.75) is 93.0 Å². The van der Waals surface area contributed by atoms with Gasteiger partial charge in [0.05, 0.1) is 0 Å². The summed E-state index contributed by atoms with van der Waals surface area (Å²) in [6.07, 6.45) is 3.66. The molecule has 190 valence electrons. The van der Waals surface area contributed by atoms with Crippen molar-refractivity contribution in [3.05, 3.63) is 12.0 Å². The summed E-state index contributed by atoms with van der Waals surface area (Å²) in [7, 11) is 0. The second-order valence-corrected chi connectivity index (χ2v) is 19.0. The van der Waals surface area contributed by atoms with E-state index in [0.717, 1.165) is 34.6 Å². The van der Waals surface area contributed by atoms with E-state index in [1.807, 2.05) is 18.4 Å². The van der Waals surface area contributed by atoms with Crippen LogP contribution in [-0.4, -0.2) is 70.6 Å². The molecule has 0 spiro atoms. The number of nitrogens with two attached hydrogens (primary N) is 1. The molecule has 0 aromatic carbocycles. The van der Waals surface area contributed by atoms with Crippen LogP contribution in [0.25, 0.3) is 0 Å². The van der Waals surface area contributed by atoms with Crippen molar-refractivity contribution in [3.8, 4) is 0 Å². The van der Waals surface area contributed by atoms with Crippen molar-refractivity contribution in [2.24, 2.45) is 16.6 Å². The fraction of sp³-hybridized carbons (Fsp3) is 0.773. The number of imidazole rings is 1. The van der Waals surface area contributed by atoms with Crippen molar-refractivity contribution >= 4 is 36.9 Å². The fourth-order valence-electron chi connectivity index (χ4n) is 4.71. The number of unbranched alkanes of at least 4 members (excludes halogenated alkanes) is 2. The van der Waals surface area contributed by atoms with E-state index in [1.165, 1.54) is 0 Å². The van der Waals surface area contributed by atoms with Crippen molar-refractivity contribution in [3.63, 3.8) is 0 Å². The first-order valence-electron chi connectivity index (χ1n) is 12.4. The molecule has 1 amide bonds. The minimum atomic E-state index is -3.33. The number of hydrogen-bond donors (Lipinski definition) is 4. The molecular formula is C22H38N6O5Sn. The average molecular weight is 585 g/mol. The Hall–Kier alpha value is -1.25. The summed E-state index contributed by atoms with van der Waals surface area (Å²) in [6, 6.07) is 0. The maximum atomic E-state index is 12.2. The van der Waals surface area contributed by atoms with Gasteiger partial charge in [0.15, 0.2) is 0 Å². The number of rotatable bonds is 9. The molecule has 12 heteroatoms. The molecule has 1 aromatic heterocycles. The first-order chi connectivity index (χ1) is 16.3. The van der Waals surface area contributed by atoms with Gasteiger partial charge >= 0.3 is 206 Å². The van der Waals surface area contributed by atoms with Crippen LogP contribution in [0.5, 0.6) is 0 Å². The van der Waals surface area contributed by atoms with Crippen LogP contribution in [-0.2, 0) is 15.7 Å². The van der Waals surface area contributed by atoms with Crippen molar-refractivity contribution in [1.29, 1.82) is 0 Å². The van der Waals surface area contributed by atoms with Crippen molar-refractivity contribution in [1.82, 2.24) is 14.9 Å². The number of anilines is 1. The van der Waals surface area contributed by atoms with E-state index >= 15 is 0 Å². The Morgan fingerprint density at radius 3 is 2.56 bits per heavy atom. The summed E-state index contributed by atoms with van der Waals surface area (Å²) < 4.78 is 23.6. The Morgan fingerprint density at radius 1 is 1.26 bits per heavy atom. The topological polar surface area (TPSA) is 145 Å². The predicted octanol–water partition coefficient (Wildman–Crippen LogP) is 2.11. The van der Waals surface area contributed by atoms with Gasteiger partial charge in [-0.15, -0.1) is 0 Å². The number of ether oxygens (including phenoxy) is 1. The average Bonchev–Trinajstić information content (AvgIpc) is 3.48. The normalized spacial score (nSPS) is 29.5. The van der Waals surface area contributed by atoms with Crippen LogP contribution in [0.3, 0.4) is 0 Å². The summed E-state index contributed by atoms with van der Waals surface area (Å²) in [5, 5.41) is 16.0. The van der Waals surface area contributed by atoms with Gasteiger partial charge in [-0.05, 0) is 0 Å². The number of amides is 1. The molecule has 0 aliphatic carbocycles. The zero-order chi connectivity index (χ0) is 24.5. The van der Waals surface area contributed by atoms with Gasteiger partial charge in [0, 0.05) is 0 Å². The number of aromatic nitrogens is 2. The van der Waals surface area contributed by atoms with Gasteiger partial charge in [0.1, 0.15) is 0 Å². The number of nitrogens with zero attached hydrogens (tertiary/aromatic N) is 3. The van der Waals surface area contributed by atoms with E-state index in [-0.39, 0.29) is 36.6 Å². The molecule has 0 saturated carbocycles. The standard InChI is InChI=1S/C14H20N6O5.2C4H9.Sn/c1-5(2)12(24)19-14-17-10(15)7-11(18-14)20(4-16-7)13-9(23)8(22)6(3-21)25-13;2*1-3-4-2;/h4-6,8-10,13,21H,3,15H2,1-2H3,(H2,17,18,19,24);2*1,3-4H2,2H3;/q-2;;;+2/t6-,8?,9+,10?,13-;;;/m1.../s1. The minimum absolute atomic E-state index is 0.147. The van der Waals surface area contributed by atoms with Crippen LogP contribution in [0.15, 0.2) is 11.3 Å². The third-order valence-corrected chi connectivity index (χ3v) is 17.0. The van der Waals surface area contributed by atoms with Crippen molar-refractivity contribution in [2.75, 3.05) is 11.9 Å². The van der Waals surface area contributed by atoms with E-state index in [2.05, 4.69) is 34.5 Å². The van der Waals surface area contributed by atoms with E-state index in [9.17, 15) is 9.90 Å². The first-order valence-corrected chi connectivity index (χ1v) is 18.8. The molecule has 5 atom stereocenters. The van der Waals surface area contributed by atoms with Crippen LogP contribution in [0.4, 0.5) is 5.82 Å². The molecule has 2 saturated heterocycles. The van der Waals surface area contributed by atoms with E-state index < -0.39 is 37.7 Å². The quantitative estimate of drug-likeness (QED) is 0.323. The zero-order valence-corrected chi connectivity index (χ0v) is 23.3. The summed E-state index contributed by atoms with van der Waals surface area (Å²) in [5.41, 5.74) is 6.79. The van der Waals surface area contributed by atoms with E-state index in [0.29, 0.717) is 11.5 Å². The Labute approximate surface area is 205 Å². The Morgan fingerprint density at radius 2 is 1.94 bits per heavy atom. The van der Waals surface area contributed by atoms with Gasteiger partial charge in [0.25, 0.3) is 0 Å². The third-order valence-electron chi connectivity index (χ3n) is 6.64. The number of carbonyl (C=O) groups excluding carboxylic acids is 1. The maximum absolute atomic E-state index is 12.2. The number of nitrogens with one attached hydrogen (secondary N) is 2. The van der Waals surface area contributed by atoms with Gasteiger partial charge in [-0.3, -0.25) is 0 Å². The molecule has 11 nitrogen and oxygen atoms in total. The number of aliphatic hydroxyl groups excluding tert-OH is 1. The molecule has 0 bridgehead atoms. The Balaban J connectivity index is 1.60. The van der Waals surface area contributed by atoms with Crippen LogP contribution in [0.1, 0.15) is 71.5 Å². The van der Waals surface area contributed by atoms with Gasteiger partial charge in [-0.1, -0.05) is 0 Å².